The number of hydrogen-bond donors (Lipinski definition) is 1. The van der Waals surface area contributed by atoms with Crippen molar-refractivity contribution in [1.82, 2.24) is 14.9 Å². The maximum absolute atomic E-state index is 12.3. The number of pyridine rings is 1. The Bertz CT molecular complexity index is 1120. The van der Waals surface area contributed by atoms with Crippen LogP contribution in [0.15, 0.2) is 54.9 Å². The number of ketones is 1. The van der Waals surface area contributed by atoms with Crippen LogP contribution in [0.2, 0.25) is 0 Å². The smallest absolute Gasteiger partial charge is 0.331 e. The highest BCUT2D eigenvalue weighted by atomic mass is 16.5. The molecule has 0 spiro atoms. The number of benzene rings is 1. The van der Waals surface area contributed by atoms with E-state index in [2.05, 4.69) is 9.97 Å². The Hall–Kier alpha value is -3.74. The van der Waals surface area contributed by atoms with E-state index in [0.717, 1.165) is 42.4 Å². The lowest BCUT2D eigenvalue weighted by Gasteiger charge is -2.13. The fourth-order valence-electron chi connectivity index (χ4n) is 3.46. The van der Waals surface area contributed by atoms with Gasteiger partial charge in [-0.2, -0.15) is 0 Å². The van der Waals surface area contributed by atoms with Crippen LogP contribution in [0.4, 0.5) is 0 Å². The Kier molecular flexibility index (Phi) is 5.70. The van der Waals surface area contributed by atoms with Crippen molar-refractivity contribution < 1.29 is 19.1 Å². The lowest BCUT2D eigenvalue weighted by Crippen LogP contribution is -2.27. The second-order valence-electron chi connectivity index (χ2n) is 7.09. The van der Waals surface area contributed by atoms with Crippen molar-refractivity contribution in [2.24, 2.45) is 0 Å². The van der Waals surface area contributed by atoms with Gasteiger partial charge in [0.1, 0.15) is 5.69 Å². The molecule has 1 saturated heterocycles. The van der Waals surface area contributed by atoms with E-state index >= 15 is 0 Å². The highest BCUT2D eigenvalue weighted by Crippen LogP contribution is 2.17. The zero-order valence-electron chi connectivity index (χ0n) is 16.3. The molecule has 1 aromatic carbocycles. The van der Waals surface area contributed by atoms with Gasteiger partial charge in [0.05, 0.1) is 5.52 Å². The number of nitrogens with zero attached hydrogens (tertiary/aromatic N) is 2. The third-order valence-electron chi connectivity index (χ3n) is 5.04. The van der Waals surface area contributed by atoms with Crippen LogP contribution in [0.1, 0.15) is 39.3 Å². The maximum Gasteiger partial charge on any atom is 0.331 e. The Morgan fingerprint density at radius 1 is 1.13 bits per heavy atom. The Labute approximate surface area is 173 Å². The molecule has 1 N–H and O–H groups in total. The van der Waals surface area contributed by atoms with Gasteiger partial charge >= 0.3 is 5.97 Å². The fourth-order valence-corrected chi connectivity index (χ4v) is 3.46. The van der Waals surface area contributed by atoms with Gasteiger partial charge in [0.15, 0.2) is 6.61 Å². The van der Waals surface area contributed by atoms with E-state index in [9.17, 15) is 14.4 Å². The van der Waals surface area contributed by atoms with Crippen LogP contribution in [0.5, 0.6) is 0 Å². The largest absolute Gasteiger partial charge is 0.454 e. The summed E-state index contributed by atoms with van der Waals surface area (Å²) in [5.74, 6) is -1.12. The average molecular weight is 403 g/mol. The highest BCUT2D eigenvalue weighted by molar-refractivity contribution is 6.02. The molecule has 0 atom stereocenters. The molecular weight excluding hydrogens is 382 g/mol. The van der Waals surface area contributed by atoms with Crippen LogP contribution in [0.25, 0.3) is 17.0 Å². The molecule has 0 bridgehead atoms. The zero-order valence-corrected chi connectivity index (χ0v) is 16.3. The predicted octanol–water partition coefficient (Wildman–Crippen LogP) is 3.24. The van der Waals surface area contributed by atoms with Gasteiger partial charge in [-0.15, -0.1) is 0 Å². The number of Topliss-reactive ketones (excluding diaryl/α,β-unsaturated/α-hetero) is 1. The second-order valence-corrected chi connectivity index (χ2v) is 7.09. The number of fused-ring (bicyclic) bond motifs is 1. The molecular formula is C23H21N3O4. The molecule has 0 radical (unpaired) electrons. The van der Waals surface area contributed by atoms with Gasteiger partial charge in [0.25, 0.3) is 5.91 Å². The topological polar surface area (TPSA) is 92.4 Å². The van der Waals surface area contributed by atoms with Crippen molar-refractivity contribution in [3.05, 3.63) is 71.7 Å². The van der Waals surface area contributed by atoms with Gasteiger partial charge in [-0.3, -0.25) is 14.6 Å². The number of likely N-dealkylation sites (tertiary alicyclic amines) is 1. The number of rotatable bonds is 6. The molecule has 152 valence electrons. The molecule has 1 fully saturated rings. The van der Waals surface area contributed by atoms with E-state index in [1.165, 1.54) is 18.3 Å². The van der Waals surface area contributed by atoms with Crippen molar-refractivity contribution >= 4 is 34.6 Å². The molecule has 3 heterocycles. The normalized spacial score (nSPS) is 13.8. The van der Waals surface area contributed by atoms with Gasteiger partial charge in [-0.1, -0.05) is 24.3 Å². The minimum atomic E-state index is -0.625. The number of aromatic nitrogens is 2. The Morgan fingerprint density at radius 3 is 2.77 bits per heavy atom. The summed E-state index contributed by atoms with van der Waals surface area (Å²) >= 11 is 0. The highest BCUT2D eigenvalue weighted by Gasteiger charge is 2.22. The van der Waals surface area contributed by atoms with Gasteiger partial charge in [-0.05, 0) is 31.1 Å². The number of ether oxygens (including phenoxy) is 1. The van der Waals surface area contributed by atoms with Gasteiger partial charge in [0.2, 0.25) is 5.78 Å². The standard InChI is InChI=1S/C23H21N3O4/c27-20(18-13-19(25-14-18)23(29)26-11-1-2-12-26)15-30-21(28)9-8-17-6-3-5-16-7-4-10-24-22(16)17/h3-10,13-14,25H,1-2,11-12,15H2. The zero-order chi connectivity index (χ0) is 20.9. The van der Waals surface area contributed by atoms with Crippen molar-refractivity contribution in [1.29, 1.82) is 0 Å². The van der Waals surface area contributed by atoms with E-state index in [4.69, 9.17) is 4.74 Å². The minimum Gasteiger partial charge on any atom is -0.454 e. The molecule has 1 aliphatic heterocycles. The van der Waals surface area contributed by atoms with Crippen molar-refractivity contribution in [2.75, 3.05) is 19.7 Å². The van der Waals surface area contributed by atoms with Crippen LogP contribution >= 0.6 is 0 Å². The van der Waals surface area contributed by atoms with Crippen molar-refractivity contribution in [3.8, 4) is 0 Å². The number of amides is 1. The van der Waals surface area contributed by atoms with Crippen LogP contribution < -0.4 is 0 Å². The third-order valence-corrected chi connectivity index (χ3v) is 5.04. The molecule has 30 heavy (non-hydrogen) atoms. The molecule has 7 nitrogen and oxygen atoms in total. The number of carbonyl (C=O) groups is 3. The molecule has 7 heteroatoms. The fraction of sp³-hybridized carbons (Fsp3) is 0.217. The summed E-state index contributed by atoms with van der Waals surface area (Å²) in [4.78, 5) is 45.6. The summed E-state index contributed by atoms with van der Waals surface area (Å²) in [6.07, 6.45) is 8.04. The van der Waals surface area contributed by atoms with Gasteiger partial charge in [-0.25, -0.2) is 4.79 Å². The monoisotopic (exact) mass is 403 g/mol. The van der Waals surface area contributed by atoms with E-state index in [1.54, 1.807) is 17.2 Å². The lowest BCUT2D eigenvalue weighted by atomic mass is 10.1. The molecule has 0 aliphatic carbocycles. The van der Waals surface area contributed by atoms with Crippen LogP contribution in [-0.4, -0.2) is 52.2 Å². The molecule has 1 aliphatic rings. The Balaban J connectivity index is 1.34. The first kappa shape index (κ1) is 19.6. The molecule has 3 aromatic rings. The maximum atomic E-state index is 12.3. The van der Waals surface area contributed by atoms with E-state index in [0.29, 0.717) is 11.3 Å². The third kappa shape index (κ3) is 4.30. The van der Waals surface area contributed by atoms with Crippen LogP contribution in [-0.2, 0) is 9.53 Å². The number of carbonyl (C=O) groups excluding carboxylic acids is 3. The molecule has 4 rings (SSSR count). The average Bonchev–Trinajstić information content (AvgIpc) is 3.48. The first-order chi connectivity index (χ1) is 14.6. The summed E-state index contributed by atoms with van der Waals surface area (Å²) in [6, 6.07) is 11.0. The quantitative estimate of drug-likeness (QED) is 0.388. The van der Waals surface area contributed by atoms with Crippen molar-refractivity contribution in [3.63, 3.8) is 0 Å². The number of nitrogens with one attached hydrogen (secondary N) is 1. The number of para-hydroxylation sites is 1. The van der Waals surface area contributed by atoms with Gasteiger partial charge < -0.3 is 14.6 Å². The number of aromatic amines is 1. The van der Waals surface area contributed by atoms with E-state index in [1.807, 2.05) is 30.3 Å². The first-order valence-electron chi connectivity index (χ1n) is 9.81. The molecule has 0 unspecified atom stereocenters. The summed E-state index contributed by atoms with van der Waals surface area (Å²) < 4.78 is 5.06. The summed E-state index contributed by atoms with van der Waals surface area (Å²) in [7, 11) is 0. The number of hydrogen-bond acceptors (Lipinski definition) is 5. The van der Waals surface area contributed by atoms with E-state index < -0.39 is 12.6 Å². The second kappa shape index (κ2) is 8.73. The SMILES string of the molecule is O=C(C=Cc1cccc2cccnc12)OCC(=O)c1c[nH]c(C(=O)N2CCCC2)c1. The molecule has 1 amide bonds. The van der Waals surface area contributed by atoms with Crippen LogP contribution in [0.3, 0.4) is 0 Å². The number of esters is 1. The first-order valence-corrected chi connectivity index (χ1v) is 9.81. The Morgan fingerprint density at radius 2 is 1.93 bits per heavy atom. The summed E-state index contributed by atoms with van der Waals surface area (Å²) in [5, 5.41) is 0.968. The van der Waals surface area contributed by atoms with Crippen molar-refractivity contribution in [2.45, 2.75) is 12.8 Å². The summed E-state index contributed by atoms with van der Waals surface area (Å²) in [6.45, 7) is 1.07. The lowest BCUT2D eigenvalue weighted by molar-refractivity contribution is -0.136. The van der Waals surface area contributed by atoms with Crippen LogP contribution in [0, 0.1) is 0 Å². The van der Waals surface area contributed by atoms with E-state index in [-0.39, 0.29) is 11.7 Å². The number of H-pyrrole nitrogens is 1. The molecule has 2 aromatic heterocycles. The molecule has 0 saturated carbocycles. The minimum absolute atomic E-state index is 0.116. The predicted molar refractivity (Wildman–Crippen MR) is 112 cm³/mol. The summed E-state index contributed by atoms with van der Waals surface area (Å²) in [5.41, 5.74) is 2.25. The van der Waals surface area contributed by atoms with Gasteiger partial charge in [0, 0.05) is 48.1 Å².